The molecule has 0 fully saturated rings. The van der Waals surface area contributed by atoms with Crippen LogP contribution >= 0.6 is 11.8 Å². The van der Waals surface area contributed by atoms with Crippen molar-refractivity contribution in [3.05, 3.63) is 35.9 Å². The van der Waals surface area contributed by atoms with Crippen LogP contribution in [0.5, 0.6) is 0 Å². The number of thioether (sulfide) groups is 1. The quantitative estimate of drug-likeness (QED) is 0.246. The predicted molar refractivity (Wildman–Crippen MR) is 114 cm³/mol. The van der Waals surface area contributed by atoms with Gasteiger partial charge in [-0.3, -0.25) is 19.2 Å². The van der Waals surface area contributed by atoms with Crippen LogP contribution in [0, 0.1) is 5.92 Å². The van der Waals surface area contributed by atoms with Gasteiger partial charge >= 0.3 is 11.9 Å². The summed E-state index contributed by atoms with van der Waals surface area (Å²) < 4.78 is 0. The number of nitrogens with one attached hydrogen (secondary N) is 2. The van der Waals surface area contributed by atoms with E-state index in [1.165, 1.54) is 11.8 Å². The Bertz CT molecular complexity index is 775. The number of nitrogens with two attached hydrogens (primary N) is 1. The molecule has 0 spiro atoms. The van der Waals surface area contributed by atoms with Crippen LogP contribution in [0.25, 0.3) is 0 Å². The van der Waals surface area contributed by atoms with Gasteiger partial charge in [0.05, 0.1) is 0 Å². The van der Waals surface area contributed by atoms with Crippen LogP contribution in [0.2, 0.25) is 0 Å². The zero-order valence-electron chi connectivity index (χ0n) is 17.0. The summed E-state index contributed by atoms with van der Waals surface area (Å²) in [4.78, 5) is 57.5. The topological polar surface area (TPSA) is 176 Å². The van der Waals surface area contributed by atoms with E-state index in [1.807, 2.05) is 30.3 Å². The highest BCUT2D eigenvalue weighted by Gasteiger charge is 2.26. The summed E-state index contributed by atoms with van der Waals surface area (Å²) in [6.07, 6.45) is 0.469. The Hall–Kier alpha value is -2.92. The van der Waals surface area contributed by atoms with E-state index in [4.69, 9.17) is 15.9 Å². The first-order chi connectivity index (χ1) is 14.6. The SMILES string of the molecule is CC(C=O)C(SCC(NC(=O)CCC(N)C(=O)O)C(=O)NCC(=O)O)c1ccccc1. The molecule has 2 amide bonds. The number of carbonyl (C=O) groups is 5. The van der Waals surface area contributed by atoms with Crippen LogP contribution in [0.4, 0.5) is 0 Å². The van der Waals surface area contributed by atoms with Crippen molar-refractivity contribution in [1.82, 2.24) is 10.6 Å². The smallest absolute Gasteiger partial charge is 0.322 e. The summed E-state index contributed by atoms with van der Waals surface area (Å²) in [5, 5.41) is 22.0. The summed E-state index contributed by atoms with van der Waals surface area (Å²) in [5.74, 6) is -4.08. The lowest BCUT2D eigenvalue weighted by atomic mass is 10.0. The molecule has 0 saturated carbocycles. The van der Waals surface area contributed by atoms with Crippen LogP contribution in [0.1, 0.15) is 30.6 Å². The highest BCUT2D eigenvalue weighted by atomic mass is 32.2. The van der Waals surface area contributed by atoms with Gasteiger partial charge < -0.3 is 31.4 Å². The largest absolute Gasteiger partial charge is 0.480 e. The highest BCUT2D eigenvalue weighted by Crippen LogP contribution is 2.35. The Balaban J connectivity index is 2.87. The van der Waals surface area contributed by atoms with E-state index in [-0.39, 0.29) is 29.8 Å². The van der Waals surface area contributed by atoms with Gasteiger partial charge in [0.25, 0.3) is 0 Å². The van der Waals surface area contributed by atoms with E-state index in [1.54, 1.807) is 6.92 Å². The monoisotopic (exact) mass is 453 g/mol. The molecule has 0 bridgehead atoms. The number of aliphatic carboxylic acids is 2. The van der Waals surface area contributed by atoms with Crippen LogP contribution in [-0.4, -0.2) is 64.6 Å². The predicted octanol–water partition coefficient (Wildman–Crippen LogP) is 0.174. The molecule has 11 heteroatoms. The van der Waals surface area contributed by atoms with Gasteiger partial charge in [0.1, 0.15) is 24.9 Å². The molecule has 1 aromatic rings. The van der Waals surface area contributed by atoms with Gasteiger partial charge in [-0.25, -0.2) is 0 Å². The number of amides is 2. The van der Waals surface area contributed by atoms with Crippen molar-refractivity contribution in [2.45, 2.75) is 37.1 Å². The summed E-state index contributed by atoms with van der Waals surface area (Å²) in [6, 6.07) is 6.89. The molecule has 4 atom stereocenters. The minimum absolute atomic E-state index is 0.0694. The molecule has 1 rings (SSSR count). The van der Waals surface area contributed by atoms with Crippen molar-refractivity contribution < 1.29 is 34.2 Å². The van der Waals surface area contributed by atoms with Gasteiger partial charge in [-0.15, -0.1) is 0 Å². The lowest BCUT2D eigenvalue weighted by Gasteiger charge is -2.24. The number of aldehydes is 1. The maximum Gasteiger partial charge on any atom is 0.322 e. The number of carboxylic acid groups (broad SMARTS) is 2. The van der Waals surface area contributed by atoms with Crippen LogP contribution < -0.4 is 16.4 Å². The maximum atomic E-state index is 12.4. The van der Waals surface area contributed by atoms with Crippen molar-refractivity contribution in [2.24, 2.45) is 11.7 Å². The molecule has 0 aromatic heterocycles. The molecule has 0 saturated heterocycles. The number of hydrogen-bond donors (Lipinski definition) is 5. The van der Waals surface area contributed by atoms with E-state index in [0.29, 0.717) is 0 Å². The van der Waals surface area contributed by atoms with Crippen molar-refractivity contribution in [3.8, 4) is 0 Å². The summed E-state index contributed by atoms with van der Waals surface area (Å²) >= 11 is 1.28. The fourth-order valence-corrected chi connectivity index (χ4v) is 3.96. The summed E-state index contributed by atoms with van der Waals surface area (Å²) in [7, 11) is 0. The molecular formula is C20H27N3O7S. The third kappa shape index (κ3) is 9.62. The standard InChI is InChI=1S/C20H27N3O7S/c1-12(10-24)18(13-5-3-2-4-6-13)31-11-15(19(28)22-9-17(26)27)23-16(25)8-7-14(21)20(29)30/h2-6,10,12,14-15,18H,7-9,11,21H2,1H3,(H,22,28)(H,23,25)(H,26,27)(H,29,30). The van der Waals surface area contributed by atoms with Crippen LogP contribution in [0.3, 0.4) is 0 Å². The normalized spacial score (nSPS) is 14.5. The number of carbonyl (C=O) groups excluding carboxylic acids is 3. The molecule has 4 unspecified atom stereocenters. The average Bonchev–Trinajstić information content (AvgIpc) is 2.75. The van der Waals surface area contributed by atoms with Gasteiger partial charge in [-0.1, -0.05) is 37.3 Å². The average molecular weight is 454 g/mol. The second-order valence-electron chi connectivity index (χ2n) is 6.87. The number of carboxylic acids is 2. The highest BCUT2D eigenvalue weighted by molar-refractivity contribution is 7.99. The Morgan fingerprint density at radius 2 is 1.81 bits per heavy atom. The van der Waals surface area contributed by atoms with E-state index in [2.05, 4.69) is 10.6 Å². The molecule has 1 aromatic carbocycles. The first kappa shape index (κ1) is 26.1. The van der Waals surface area contributed by atoms with Crippen LogP contribution in [-0.2, 0) is 24.0 Å². The Kier molecular flexibility index (Phi) is 11.3. The molecule has 0 aliphatic carbocycles. The Labute approximate surface area is 183 Å². The maximum absolute atomic E-state index is 12.4. The van der Waals surface area contributed by atoms with E-state index < -0.39 is 42.4 Å². The van der Waals surface area contributed by atoms with Gasteiger partial charge in [0.15, 0.2) is 0 Å². The second-order valence-corrected chi connectivity index (χ2v) is 8.05. The number of benzene rings is 1. The molecule has 0 aliphatic rings. The van der Waals surface area contributed by atoms with Crippen LogP contribution in [0.15, 0.2) is 30.3 Å². The van der Waals surface area contributed by atoms with Gasteiger partial charge in [-0.05, 0) is 12.0 Å². The van der Waals surface area contributed by atoms with Gasteiger partial charge in [-0.2, -0.15) is 11.8 Å². The zero-order valence-corrected chi connectivity index (χ0v) is 17.8. The number of rotatable bonds is 14. The van der Waals surface area contributed by atoms with Crippen molar-refractivity contribution in [1.29, 1.82) is 0 Å². The van der Waals surface area contributed by atoms with E-state index in [0.717, 1.165) is 11.8 Å². The second kappa shape index (κ2) is 13.4. The first-order valence-electron chi connectivity index (χ1n) is 9.54. The molecule has 6 N–H and O–H groups in total. The minimum atomic E-state index is -1.24. The van der Waals surface area contributed by atoms with Crippen molar-refractivity contribution >= 4 is 41.8 Å². The zero-order chi connectivity index (χ0) is 23.4. The molecule has 0 radical (unpaired) electrons. The third-order valence-electron chi connectivity index (χ3n) is 4.33. The lowest BCUT2D eigenvalue weighted by molar-refractivity contribution is -0.139. The third-order valence-corrected chi connectivity index (χ3v) is 5.91. The molecule has 0 heterocycles. The molecular weight excluding hydrogens is 426 g/mol. The summed E-state index contributed by atoms with van der Waals surface area (Å²) in [6.45, 7) is 1.12. The minimum Gasteiger partial charge on any atom is -0.480 e. The fraction of sp³-hybridized carbons (Fsp3) is 0.450. The Morgan fingerprint density at radius 1 is 1.16 bits per heavy atom. The van der Waals surface area contributed by atoms with Gasteiger partial charge in [0, 0.05) is 23.3 Å². The van der Waals surface area contributed by atoms with E-state index >= 15 is 0 Å². The van der Waals surface area contributed by atoms with Gasteiger partial charge in [0.2, 0.25) is 11.8 Å². The van der Waals surface area contributed by atoms with E-state index in [9.17, 15) is 24.0 Å². The molecule has 170 valence electrons. The number of hydrogen-bond acceptors (Lipinski definition) is 7. The summed E-state index contributed by atoms with van der Waals surface area (Å²) in [5.41, 5.74) is 6.26. The Morgan fingerprint density at radius 3 is 2.35 bits per heavy atom. The first-order valence-corrected chi connectivity index (χ1v) is 10.6. The molecule has 10 nitrogen and oxygen atoms in total. The van der Waals surface area contributed by atoms with Crippen molar-refractivity contribution in [2.75, 3.05) is 12.3 Å². The lowest BCUT2D eigenvalue weighted by Crippen LogP contribution is -2.49. The molecule has 0 aliphatic heterocycles. The fourth-order valence-electron chi connectivity index (χ4n) is 2.61. The molecule has 31 heavy (non-hydrogen) atoms. The van der Waals surface area contributed by atoms with Crippen molar-refractivity contribution in [3.63, 3.8) is 0 Å².